The van der Waals surface area contributed by atoms with E-state index in [-0.39, 0.29) is 6.10 Å². The van der Waals surface area contributed by atoms with Crippen molar-refractivity contribution in [2.75, 3.05) is 5.75 Å². The Kier molecular flexibility index (Phi) is 4.79. The molecule has 2 rings (SSSR count). The standard InChI is InChI=1S/C15H17NOS/c1-12(17)14-4-6-15(7-5-14)18-10-8-13-3-2-9-16-11-13/h2-7,9,11-12,17H,8,10H2,1H3. The fourth-order valence-corrected chi connectivity index (χ4v) is 2.58. The molecule has 1 aromatic heterocycles. The Hall–Kier alpha value is -1.32. The van der Waals surface area contributed by atoms with Gasteiger partial charge in [-0.2, -0.15) is 0 Å². The Morgan fingerprint density at radius 2 is 2.00 bits per heavy atom. The number of hydrogen-bond donors (Lipinski definition) is 1. The van der Waals surface area contributed by atoms with Gasteiger partial charge in [0.2, 0.25) is 0 Å². The van der Waals surface area contributed by atoms with Gasteiger partial charge in [-0.25, -0.2) is 0 Å². The summed E-state index contributed by atoms with van der Waals surface area (Å²) >= 11 is 1.83. The molecule has 0 bridgehead atoms. The van der Waals surface area contributed by atoms with Crippen LogP contribution >= 0.6 is 11.8 Å². The monoisotopic (exact) mass is 259 g/mol. The first-order chi connectivity index (χ1) is 8.75. The SMILES string of the molecule is CC(O)c1ccc(SCCc2cccnc2)cc1. The second kappa shape index (κ2) is 6.57. The lowest BCUT2D eigenvalue weighted by atomic mass is 10.1. The summed E-state index contributed by atoms with van der Waals surface area (Å²) in [6.45, 7) is 1.78. The maximum Gasteiger partial charge on any atom is 0.0761 e. The van der Waals surface area contributed by atoms with E-state index in [2.05, 4.69) is 23.2 Å². The summed E-state index contributed by atoms with van der Waals surface area (Å²) in [5, 5.41) is 9.43. The van der Waals surface area contributed by atoms with E-state index in [9.17, 15) is 5.11 Å². The summed E-state index contributed by atoms with van der Waals surface area (Å²) in [6, 6.07) is 12.2. The molecule has 1 heterocycles. The molecule has 0 aliphatic heterocycles. The van der Waals surface area contributed by atoms with Gasteiger partial charge in [-0.1, -0.05) is 18.2 Å². The highest BCUT2D eigenvalue weighted by Crippen LogP contribution is 2.21. The van der Waals surface area contributed by atoms with E-state index in [0.29, 0.717) is 0 Å². The number of thioether (sulfide) groups is 1. The molecule has 0 aliphatic carbocycles. The highest BCUT2D eigenvalue weighted by Gasteiger charge is 2.00. The highest BCUT2D eigenvalue weighted by molar-refractivity contribution is 7.99. The van der Waals surface area contributed by atoms with Gasteiger partial charge in [0.1, 0.15) is 0 Å². The Labute approximate surface area is 112 Å². The summed E-state index contributed by atoms with van der Waals surface area (Å²) in [6.07, 6.45) is 4.35. The minimum absolute atomic E-state index is 0.389. The maximum absolute atomic E-state index is 9.43. The lowest BCUT2D eigenvalue weighted by Crippen LogP contribution is -1.91. The van der Waals surface area contributed by atoms with Crippen LogP contribution in [-0.4, -0.2) is 15.8 Å². The molecule has 94 valence electrons. The molecule has 0 spiro atoms. The molecule has 18 heavy (non-hydrogen) atoms. The van der Waals surface area contributed by atoms with Crippen LogP contribution in [0.15, 0.2) is 53.7 Å². The van der Waals surface area contributed by atoms with Crippen molar-refractivity contribution in [1.29, 1.82) is 0 Å². The fourth-order valence-electron chi connectivity index (χ4n) is 1.68. The van der Waals surface area contributed by atoms with E-state index in [4.69, 9.17) is 0 Å². The predicted molar refractivity (Wildman–Crippen MR) is 75.7 cm³/mol. The summed E-state index contributed by atoms with van der Waals surface area (Å²) < 4.78 is 0. The van der Waals surface area contributed by atoms with Gasteiger partial charge in [0, 0.05) is 23.0 Å². The molecule has 2 nitrogen and oxygen atoms in total. The summed E-state index contributed by atoms with van der Waals surface area (Å²) in [5.74, 6) is 1.04. The molecular formula is C15H17NOS. The zero-order valence-corrected chi connectivity index (χ0v) is 11.2. The van der Waals surface area contributed by atoms with E-state index < -0.39 is 0 Å². The molecule has 0 fully saturated rings. The van der Waals surface area contributed by atoms with Crippen LogP contribution in [0, 0.1) is 0 Å². The first-order valence-electron chi connectivity index (χ1n) is 6.05. The van der Waals surface area contributed by atoms with Crippen molar-refractivity contribution in [3.63, 3.8) is 0 Å². The highest BCUT2D eigenvalue weighted by atomic mass is 32.2. The minimum Gasteiger partial charge on any atom is -0.389 e. The van der Waals surface area contributed by atoms with Crippen molar-refractivity contribution in [3.8, 4) is 0 Å². The topological polar surface area (TPSA) is 33.1 Å². The average molecular weight is 259 g/mol. The summed E-state index contributed by atoms with van der Waals surface area (Å²) in [7, 11) is 0. The number of aliphatic hydroxyl groups is 1. The molecule has 1 aromatic carbocycles. The maximum atomic E-state index is 9.43. The zero-order valence-electron chi connectivity index (χ0n) is 10.4. The van der Waals surface area contributed by atoms with E-state index >= 15 is 0 Å². The van der Waals surface area contributed by atoms with Gasteiger partial charge in [0.05, 0.1) is 6.10 Å². The van der Waals surface area contributed by atoms with Crippen LogP contribution in [0.4, 0.5) is 0 Å². The lowest BCUT2D eigenvalue weighted by Gasteiger charge is -2.06. The quantitative estimate of drug-likeness (QED) is 0.835. The van der Waals surface area contributed by atoms with Crippen LogP contribution in [0.3, 0.4) is 0 Å². The Morgan fingerprint density at radius 3 is 2.61 bits per heavy atom. The Balaban J connectivity index is 1.83. The molecule has 0 amide bonds. The molecule has 0 saturated carbocycles. The molecule has 0 radical (unpaired) electrons. The van der Waals surface area contributed by atoms with Crippen molar-refractivity contribution in [3.05, 3.63) is 59.9 Å². The molecule has 3 heteroatoms. The van der Waals surface area contributed by atoms with Gasteiger partial charge in [0.25, 0.3) is 0 Å². The number of rotatable bonds is 5. The van der Waals surface area contributed by atoms with Gasteiger partial charge < -0.3 is 5.11 Å². The third-order valence-electron chi connectivity index (χ3n) is 2.74. The van der Waals surface area contributed by atoms with Crippen LogP contribution in [0.25, 0.3) is 0 Å². The Bertz CT molecular complexity index is 468. The normalized spacial score (nSPS) is 12.3. The number of hydrogen-bond acceptors (Lipinski definition) is 3. The molecule has 1 atom stereocenters. The number of benzene rings is 1. The van der Waals surface area contributed by atoms with Crippen LogP contribution in [0.1, 0.15) is 24.2 Å². The largest absolute Gasteiger partial charge is 0.389 e. The molecule has 0 saturated heterocycles. The Morgan fingerprint density at radius 1 is 1.22 bits per heavy atom. The molecule has 1 N–H and O–H groups in total. The van der Waals surface area contributed by atoms with Crippen LogP contribution in [0.2, 0.25) is 0 Å². The molecular weight excluding hydrogens is 242 g/mol. The first kappa shape index (κ1) is 13.1. The number of aliphatic hydroxyl groups excluding tert-OH is 1. The van der Waals surface area contributed by atoms with Crippen molar-refractivity contribution < 1.29 is 5.11 Å². The number of aromatic nitrogens is 1. The van der Waals surface area contributed by atoms with Crippen molar-refractivity contribution >= 4 is 11.8 Å². The minimum atomic E-state index is -0.389. The predicted octanol–water partition coefficient (Wildman–Crippen LogP) is 3.47. The molecule has 0 aliphatic rings. The van der Waals surface area contributed by atoms with Crippen LogP contribution in [0.5, 0.6) is 0 Å². The second-order valence-electron chi connectivity index (χ2n) is 4.20. The van der Waals surface area contributed by atoms with Gasteiger partial charge in [0.15, 0.2) is 0 Å². The van der Waals surface area contributed by atoms with Crippen LogP contribution in [-0.2, 0) is 6.42 Å². The third-order valence-corrected chi connectivity index (χ3v) is 3.76. The zero-order chi connectivity index (χ0) is 12.8. The van der Waals surface area contributed by atoms with Crippen molar-refractivity contribution in [2.24, 2.45) is 0 Å². The first-order valence-corrected chi connectivity index (χ1v) is 7.04. The molecule has 1 unspecified atom stereocenters. The average Bonchev–Trinajstić information content (AvgIpc) is 2.40. The van der Waals surface area contributed by atoms with E-state index in [1.807, 2.05) is 36.2 Å². The fraction of sp³-hybridized carbons (Fsp3) is 0.267. The molecule has 2 aromatic rings. The van der Waals surface area contributed by atoms with E-state index in [1.54, 1.807) is 13.1 Å². The number of pyridine rings is 1. The number of aryl methyl sites for hydroxylation is 1. The second-order valence-corrected chi connectivity index (χ2v) is 5.37. The smallest absolute Gasteiger partial charge is 0.0761 e. The van der Waals surface area contributed by atoms with E-state index in [1.165, 1.54) is 10.5 Å². The van der Waals surface area contributed by atoms with Crippen molar-refractivity contribution in [1.82, 2.24) is 4.98 Å². The summed E-state index contributed by atoms with van der Waals surface area (Å²) in [4.78, 5) is 5.34. The third kappa shape index (κ3) is 3.86. The summed E-state index contributed by atoms with van der Waals surface area (Å²) in [5.41, 5.74) is 2.23. The van der Waals surface area contributed by atoms with Crippen LogP contribution < -0.4 is 0 Å². The van der Waals surface area contributed by atoms with Gasteiger partial charge >= 0.3 is 0 Å². The van der Waals surface area contributed by atoms with Gasteiger partial charge in [-0.3, -0.25) is 4.98 Å². The van der Waals surface area contributed by atoms with Gasteiger partial charge in [-0.15, -0.1) is 11.8 Å². The lowest BCUT2D eigenvalue weighted by molar-refractivity contribution is 0.199. The van der Waals surface area contributed by atoms with Crippen molar-refractivity contribution in [2.45, 2.75) is 24.3 Å². The number of nitrogens with zero attached hydrogens (tertiary/aromatic N) is 1. The van der Waals surface area contributed by atoms with Gasteiger partial charge in [-0.05, 0) is 42.7 Å². The van der Waals surface area contributed by atoms with E-state index in [0.717, 1.165) is 17.7 Å².